The molecule has 0 aliphatic heterocycles. The van der Waals surface area contributed by atoms with E-state index in [0.29, 0.717) is 6.42 Å². The lowest BCUT2D eigenvalue weighted by Gasteiger charge is -2.16. The molecule has 2 rings (SSSR count). The number of imidazole rings is 1. The fourth-order valence-electron chi connectivity index (χ4n) is 2.04. The van der Waals surface area contributed by atoms with E-state index in [1.807, 2.05) is 48.1 Å². The lowest BCUT2D eigenvalue weighted by molar-refractivity contribution is -0.144. The zero-order valence-electron chi connectivity index (χ0n) is 13.1. The van der Waals surface area contributed by atoms with Crippen LogP contribution in [-0.2, 0) is 27.8 Å². The molecule has 0 fully saturated rings. The number of methoxy groups -OCH3 is 1. The molecule has 0 aliphatic carbocycles. The highest BCUT2D eigenvalue weighted by Crippen LogP contribution is 2.14. The van der Waals surface area contributed by atoms with E-state index < -0.39 is 12.0 Å². The SMILES string of the molecule is COC(=O)[C@@H](Cc1ccccc1)NC(=O)CSc1nccn1C. The van der Waals surface area contributed by atoms with Gasteiger partial charge in [0.05, 0.1) is 12.9 Å². The topological polar surface area (TPSA) is 73.2 Å². The van der Waals surface area contributed by atoms with Gasteiger partial charge in [0.2, 0.25) is 5.91 Å². The summed E-state index contributed by atoms with van der Waals surface area (Å²) in [6.45, 7) is 0. The number of hydrogen-bond donors (Lipinski definition) is 1. The second-order valence-corrected chi connectivity index (χ2v) is 5.88. The predicted octanol–water partition coefficient (Wildman–Crippen LogP) is 1.41. The number of carbonyl (C=O) groups is 2. The van der Waals surface area contributed by atoms with Crippen LogP contribution in [0.15, 0.2) is 47.9 Å². The Morgan fingerprint density at radius 1 is 1.35 bits per heavy atom. The molecule has 1 heterocycles. The minimum Gasteiger partial charge on any atom is -0.467 e. The summed E-state index contributed by atoms with van der Waals surface area (Å²) in [4.78, 5) is 28.1. The fraction of sp³-hybridized carbons (Fsp3) is 0.312. The average Bonchev–Trinajstić information content (AvgIpc) is 2.97. The van der Waals surface area contributed by atoms with Crippen LogP contribution in [0.5, 0.6) is 0 Å². The van der Waals surface area contributed by atoms with Gasteiger partial charge >= 0.3 is 5.97 Å². The van der Waals surface area contributed by atoms with E-state index in [0.717, 1.165) is 10.7 Å². The molecule has 1 aromatic heterocycles. The van der Waals surface area contributed by atoms with Crippen molar-refractivity contribution in [3.05, 3.63) is 48.3 Å². The molecule has 2 aromatic rings. The van der Waals surface area contributed by atoms with Gasteiger partial charge in [0.25, 0.3) is 0 Å². The molecule has 23 heavy (non-hydrogen) atoms. The average molecular weight is 333 g/mol. The number of benzene rings is 1. The van der Waals surface area contributed by atoms with Crippen LogP contribution in [0.2, 0.25) is 0 Å². The lowest BCUT2D eigenvalue weighted by Crippen LogP contribution is -2.43. The van der Waals surface area contributed by atoms with Crippen LogP contribution >= 0.6 is 11.8 Å². The Balaban J connectivity index is 1.93. The molecule has 1 aromatic carbocycles. The van der Waals surface area contributed by atoms with E-state index in [2.05, 4.69) is 10.3 Å². The summed E-state index contributed by atoms with van der Waals surface area (Å²) in [5, 5.41) is 3.47. The van der Waals surface area contributed by atoms with Crippen LogP contribution in [-0.4, -0.2) is 40.3 Å². The van der Waals surface area contributed by atoms with Gasteiger partial charge < -0.3 is 14.6 Å². The van der Waals surface area contributed by atoms with Crippen molar-refractivity contribution in [3.63, 3.8) is 0 Å². The van der Waals surface area contributed by atoms with E-state index >= 15 is 0 Å². The molecule has 1 atom stereocenters. The fourth-order valence-corrected chi connectivity index (χ4v) is 2.79. The predicted molar refractivity (Wildman–Crippen MR) is 88.0 cm³/mol. The Hall–Kier alpha value is -2.28. The van der Waals surface area contributed by atoms with Gasteiger partial charge in [-0.15, -0.1) is 0 Å². The first kappa shape index (κ1) is 17.1. The third-order valence-electron chi connectivity index (χ3n) is 3.21. The highest BCUT2D eigenvalue weighted by Gasteiger charge is 2.22. The van der Waals surface area contributed by atoms with E-state index in [1.54, 1.807) is 6.20 Å². The van der Waals surface area contributed by atoms with Gasteiger partial charge in [-0.3, -0.25) is 4.79 Å². The Kier molecular flexibility index (Phi) is 6.22. The number of hydrogen-bond acceptors (Lipinski definition) is 5. The van der Waals surface area contributed by atoms with Crippen molar-refractivity contribution in [3.8, 4) is 0 Å². The summed E-state index contributed by atoms with van der Waals surface area (Å²) < 4.78 is 6.61. The van der Waals surface area contributed by atoms with Crippen LogP contribution in [0.4, 0.5) is 0 Å². The number of thioether (sulfide) groups is 1. The quantitative estimate of drug-likeness (QED) is 0.613. The molecule has 122 valence electrons. The van der Waals surface area contributed by atoms with E-state index in [4.69, 9.17) is 4.74 Å². The molecule has 1 amide bonds. The Labute approximate surface area is 139 Å². The zero-order chi connectivity index (χ0) is 16.7. The minimum absolute atomic E-state index is 0.188. The molecular weight excluding hydrogens is 314 g/mol. The summed E-state index contributed by atoms with van der Waals surface area (Å²) in [7, 11) is 3.18. The second kappa shape index (κ2) is 8.38. The maximum atomic E-state index is 12.1. The van der Waals surface area contributed by atoms with Crippen LogP contribution in [0.25, 0.3) is 0 Å². The summed E-state index contributed by atoms with van der Waals surface area (Å²) in [6.07, 6.45) is 3.88. The van der Waals surface area contributed by atoms with E-state index in [1.165, 1.54) is 18.9 Å². The zero-order valence-corrected chi connectivity index (χ0v) is 13.9. The molecule has 0 unspecified atom stereocenters. The molecule has 0 aliphatic rings. The van der Waals surface area contributed by atoms with Crippen molar-refractivity contribution in [1.29, 1.82) is 0 Å². The van der Waals surface area contributed by atoms with Crippen molar-refractivity contribution in [2.24, 2.45) is 7.05 Å². The highest BCUT2D eigenvalue weighted by atomic mass is 32.2. The maximum Gasteiger partial charge on any atom is 0.328 e. The minimum atomic E-state index is -0.697. The normalized spacial score (nSPS) is 11.7. The number of aromatic nitrogens is 2. The molecule has 0 saturated carbocycles. The first-order valence-corrected chi connectivity index (χ1v) is 8.10. The molecule has 6 nitrogen and oxygen atoms in total. The molecular formula is C16H19N3O3S. The summed E-state index contributed by atoms with van der Waals surface area (Å²) in [5.41, 5.74) is 0.958. The standard InChI is InChI=1S/C16H19N3O3S/c1-19-9-8-17-16(19)23-11-14(20)18-13(15(21)22-2)10-12-6-4-3-5-7-12/h3-9,13H,10-11H2,1-2H3,(H,18,20)/t13-/m1/s1. The first-order chi connectivity index (χ1) is 11.1. The summed E-state index contributed by atoms with van der Waals surface area (Å²) in [6, 6.07) is 8.80. The number of rotatable bonds is 7. The largest absolute Gasteiger partial charge is 0.467 e. The lowest BCUT2D eigenvalue weighted by atomic mass is 10.1. The van der Waals surface area contributed by atoms with Crippen LogP contribution in [0.1, 0.15) is 5.56 Å². The van der Waals surface area contributed by atoms with Crippen molar-refractivity contribution in [1.82, 2.24) is 14.9 Å². The van der Waals surface area contributed by atoms with Crippen LogP contribution in [0.3, 0.4) is 0 Å². The number of nitrogens with zero attached hydrogens (tertiary/aromatic N) is 2. The molecule has 0 radical (unpaired) electrons. The van der Waals surface area contributed by atoms with Gasteiger partial charge in [-0.2, -0.15) is 0 Å². The Bertz CT molecular complexity index is 658. The molecule has 0 saturated heterocycles. The van der Waals surface area contributed by atoms with Gasteiger partial charge in [-0.05, 0) is 5.56 Å². The molecule has 7 heteroatoms. The third kappa shape index (κ3) is 5.14. The smallest absolute Gasteiger partial charge is 0.328 e. The van der Waals surface area contributed by atoms with Crippen molar-refractivity contribution >= 4 is 23.6 Å². The van der Waals surface area contributed by atoms with Crippen LogP contribution < -0.4 is 5.32 Å². The Morgan fingerprint density at radius 3 is 2.70 bits per heavy atom. The van der Waals surface area contributed by atoms with Crippen molar-refractivity contribution in [2.75, 3.05) is 12.9 Å². The van der Waals surface area contributed by atoms with Gasteiger partial charge in [0.15, 0.2) is 5.16 Å². The number of aryl methyl sites for hydroxylation is 1. The van der Waals surface area contributed by atoms with E-state index in [9.17, 15) is 9.59 Å². The molecule has 1 N–H and O–H groups in total. The number of ether oxygens (including phenoxy) is 1. The maximum absolute atomic E-state index is 12.1. The van der Waals surface area contributed by atoms with Gasteiger partial charge in [0, 0.05) is 25.9 Å². The first-order valence-electron chi connectivity index (χ1n) is 7.11. The number of nitrogens with one attached hydrogen (secondary N) is 1. The summed E-state index contributed by atoms with van der Waals surface area (Å²) >= 11 is 1.32. The van der Waals surface area contributed by atoms with Crippen molar-refractivity contribution in [2.45, 2.75) is 17.6 Å². The third-order valence-corrected chi connectivity index (χ3v) is 4.27. The number of carbonyl (C=O) groups excluding carboxylic acids is 2. The second-order valence-electron chi connectivity index (χ2n) is 4.94. The van der Waals surface area contributed by atoms with Gasteiger partial charge in [-0.25, -0.2) is 9.78 Å². The number of esters is 1. The Morgan fingerprint density at radius 2 is 2.09 bits per heavy atom. The monoisotopic (exact) mass is 333 g/mol. The van der Waals surface area contributed by atoms with E-state index in [-0.39, 0.29) is 11.7 Å². The molecule has 0 bridgehead atoms. The number of amides is 1. The van der Waals surface area contributed by atoms with Gasteiger partial charge in [-0.1, -0.05) is 42.1 Å². The van der Waals surface area contributed by atoms with Crippen molar-refractivity contribution < 1.29 is 14.3 Å². The van der Waals surface area contributed by atoms with Gasteiger partial charge in [0.1, 0.15) is 6.04 Å². The summed E-state index contributed by atoms with van der Waals surface area (Å²) in [5.74, 6) is -0.499. The van der Waals surface area contributed by atoms with Crippen LogP contribution in [0, 0.1) is 0 Å². The highest BCUT2D eigenvalue weighted by molar-refractivity contribution is 7.99. The molecule has 0 spiro atoms.